The molecule has 59 heavy (non-hydrogen) atoms. The number of carbonyl (C=O) groups excluding carboxylic acids is 3. The molecule has 6 aromatic rings. The number of aromatic nitrogens is 2. The number of piperidine rings is 1. The van der Waals surface area contributed by atoms with Gasteiger partial charge in [-0.25, -0.2) is 14.8 Å². The summed E-state index contributed by atoms with van der Waals surface area (Å²) in [6, 6.07) is 35.7. The van der Waals surface area contributed by atoms with Gasteiger partial charge in [0.25, 0.3) is 0 Å². The van der Waals surface area contributed by atoms with Crippen molar-refractivity contribution >= 4 is 40.5 Å². The van der Waals surface area contributed by atoms with E-state index in [-0.39, 0.29) is 29.9 Å². The predicted octanol–water partition coefficient (Wildman–Crippen LogP) is 10.1. The van der Waals surface area contributed by atoms with Crippen LogP contribution in [0.15, 0.2) is 122 Å². The van der Waals surface area contributed by atoms with Gasteiger partial charge >= 0.3 is 6.03 Å². The van der Waals surface area contributed by atoms with Crippen molar-refractivity contribution in [3.05, 3.63) is 143 Å². The smallest absolute Gasteiger partial charge is 0.318 e. The molecule has 0 unspecified atom stereocenters. The van der Waals surface area contributed by atoms with Crippen molar-refractivity contribution < 1.29 is 14.4 Å². The van der Waals surface area contributed by atoms with Crippen LogP contribution in [0.1, 0.15) is 84.2 Å². The highest BCUT2D eigenvalue weighted by Gasteiger charge is 2.38. The monoisotopic (exact) mass is 820 g/mol. The third-order valence-corrected chi connectivity index (χ3v) is 14.2. The van der Waals surface area contributed by atoms with Crippen molar-refractivity contribution in [3.8, 4) is 32.0 Å². The van der Waals surface area contributed by atoms with Crippen LogP contribution in [-0.4, -0.2) is 68.7 Å². The molecule has 0 radical (unpaired) electrons. The van der Waals surface area contributed by atoms with E-state index in [4.69, 9.17) is 9.97 Å². The van der Waals surface area contributed by atoms with Gasteiger partial charge in [0.2, 0.25) is 11.8 Å². The van der Waals surface area contributed by atoms with Crippen LogP contribution in [0.4, 0.5) is 4.79 Å². The molecule has 9 rings (SSSR count). The standard InChI is InChI=1S/C48H48N6O3S2/c55-43(30-33-12-4-1-5-13-33)53-28-10-16-39(53)45-49-31-41(58-45)36-22-18-34(19-23-36)35-20-24-37(25-21-35)42-32-50-46(59-42)40-17-11-29-54(40)47(56)44(38-14-6-2-7-15-38)51-48(57)52-26-8-3-9-27-52/h1-2,4-7,12-15,18-25,31-32,39-40,44H,3,8-11,16-17,26-30H2,(H,51,57)/t39-,40-,44+/m0/s1. The first-order valence-electron chi connectivity index (χ1n) is 20.9. The summed E-state index contributed by atoms with van der Waals surface area (Å²) in [7, 11) is 0. The summed E-state index contributed by atoms with van der Waals surface area (Å²) in [6.45, 7) is 2.85. The fourth-order valence-corrected chi connectivity index (χ4v) is 10.8. The Hall–Kier alpha value is -5.65. The highest BCUT2D eigenvalue weighted by Crippen LogP contribution is 2.40. The fourth-order valence-electron chi connectivity index (χ4n) is 8.70. The molecule has 3 atom stereocenters. The third-order valence-electron chi connectivity index (χ3n) is 11.9. The molecule has 0 saturated carbocycles. The average molecular weight is 821 g/mol. The zero-order chi connectivity index (χ0) is 40.1. The van der Waals surface area contributed by atoms with E-state index in [1.807, 2.05) is 87.8 Å². The van der Waals surface area contributed by atoms with E-state index in [9.17, 15) is 14.4 Å². The first-order valence-corrected chi connectivity index (χ1v) is 22.5. The van der Waals surface area contributed by atoms with E-state index < -0.39 is 6.04 Å². The molecule has 0 bridgehead atoms. The van der Waals surface area contributed by atoms with Gasteiger partial charge in [0.05, 0.1) is 28.3 Å². The van der Waals surface area contributed by atoms with Crippen molar-refractivity contribution in [1.29, 1.82) is 0 Å². The van der Waals surface area contributed by atoms with E-state index in [1.165, 1.54) is 0 Å². The molecule has 5 heterocycles. The van der Waals surface area contributed by atoms with Crippen molar-refractivity contribution in [2.24, 2.45) is 0 Å². The zero-order valence-corrected chi connectivity index (χ0v) is 34.7. The normalized spacial score (nSPS) is 18.5. The molecule has 4 aromatic carbocycles. The number of thiazole rings is 2. The molecule has 3 saturated heterocycles. The molecule has 0 aliphatic carbocycles. The van der Waals surface area contributed by atoms with Gasteiger partial charge in [-0.1, -0.05) is 109 Å². The number of hydrogen-bond donors (Lipinski definition) is 1. The number of likely N-dealkylation sites (tertiary alicyclic amines) is 3. The molecule has 1 N–H and O–H groups in total. The molecule has 11 heteroatoms. The number of rotatable bonds is 10. The first kappa shape index (κ1) is 38.8. The number of amides is 4. The fraction of sp³-hybridized carbons (Fsp3) is 0.312. The van der Waals surface area contributed by atoms with Crippen LogP contribution >= 0.6 is 22.7 Å². The van der Waals surface area contributed by atoms with Crippen molar-refractivity contribution in [2.75, 3.05) is 26.2 Å². The molecule has 0 spiro atoms. The number of nitrogens with zero attached hydrogens (tertiary/aromatic N) is 5. The largest absolute Gasteiger partial charge is 0.333 e. The minimum Gasteiger partial charge on any atom is -0.333 e. The van der Waals surface area contributed by atoms with Crippen LogP contribution in [-0.2, 0) is 16.0 Å². The quantitative estimate of drug-likeness (QED) is 0.148. The van der Waals surface area contributed by atoms with E-state index >= 15 is 0 Å². The van der Waals surface area contributed by atoms with Crippen LogP contribution in [0.5, 0.6) is 0 Å². The number of nitrogens with one attached hydrogen (secondary N) is 1. The molecule has 300 valence electrons. The molecule has 2 aromatic heterocycles. The van der Waals surface area contributed by atoms with Gasteiger partial charge in [0.15, 0.2) is 0 Å². The molecular weight excluding hydrogens is 773 g/mol. The molecule has 9 nitrogen and oxygen atoms in total. The van der Waals surface area contributed by atoms with E-state index in [2.05, 4.69) is 53.8 Å². The van der Waals surface area contributed by atoms with Crippen molar-refractivity contribution in [2.45, 2.75) is 69.5 Å². The topological polar surface area (TPSA) is 98.7 Å². The number of urea groups is 1. The summed E-state index contributed by atoms with van der Waals surface area (Å²) < 4.78 is 0. The van der Waals surface area contributed by atoms with Gasteiger partial charge < -0.3 is 20.0 Å². The Morgan fingerprint density at radius 2 is 1.10 bits per heavy atom. The maximum absolute atomic E-state index is 14.3. The summed E-state index contributed by atoms with van der Waals surface area (Å²) >= 11 is 3.32. The SMILES string of the molecule is O=C(N[C@@H](C(=O)N1CCC[C@H]1c1ncc(-c2ccc(-c3ccc(-c4cnc([C@@H]5CCCN5C(=O)Cc5ccccc5)s4)cc3)cc2)s1)c1ccccc1)N1CCCCC1. The Morgan fingerprint density at radius 3 is 1.68 bits per heavy atom. The van der Waals surface area contributed by atoms with E-state index in [0.717, 1.165) is 118 Å². The Balaban J connectivity index is 0.849. The van der Waals surface area contributed by atoms with Crippen LogP contribution in [0, 0.1) is 0 Å². The molecular formula is C48H48N6O3S2. The maximum atomic E-state index is 14.3. The lowest BCUT2D eigenvalue weighted by Gasteiger charge is -2.32. The molecule has 3 fully saturated rings. The second-order valence-corrected chi connectivity index (χ2v) is 17.8. The molecule has 4 amide bonds. The second-order valence-electron chi connectivity index (χ2n) is 15.7. The molecule has 3 aliphatic heterocycles. The van der Waals surface area contributed by atoms with Gasteiger partial charge in [-0.2, -0.15) is 0 Å². The van der Waals surface area contributed by atoms with Crippen molar-refractivity contribution in [3.63, 3.8) is 0 Å². The minimum atomic E-state index is -0.753. The number of carbonyl (C=O) groups is 3. The van der Waals surface area contributed by atoms with Gasteiger partial charge in [0, 0.05) is 38.6 Å². The zero-order valence-electron chi connectivity index (χ0n) is 33.0. The van der Waals surface area contributed by atoms with Crippen LogP contribution in [0.25, 0.3) is 32.0 Å². The Bertz CT molecular complexity index is 2370. The summed E-state index contributed by atoms with van der Waals surface area (Å²) in [5, 5.41) is 5.03. The predicted molar refractivity (Wildman–Crippen MR) is 235 cm³/mol. The lowest BCUT2D eigenvalue weighted by Crippen LogP contribution is -2.48. The second kappa shape index (κ2) is 17.7. The Kier molecular flexibility index (Phi) is 11.6. The Morgan fingerprint density at radius 1 is 0.593 bits per heavy atom. The average Bonchev–Trinajstić information content (AvgIpc) is 4.14. The van der Waals surface area contributed by atoms with Crippen LogP contribution in [0.3, 0.4) is 0 Å². The number of hydrogen-bond acceptors (Lipinski definition) is 7. The van der Waals surface area contributed by atoms with Gasteiger partial charge in [-0.15, -0.1) is 22.7 Å². The third kappa shape index (κ3) is 8.58. The van der Waals surface area contributed by atoms with Crippen molar-refractivity contribution in [1.82, 2.24) is 30.0 Å². The first-order chi connectivity index (χ1) is 29.0. The molecule has 3 aliphatic rings. The van der Waals surface area contributed by atoms with Crippen LogP contribution in [0.2, 0.25) is 0 Å². The van der Waals surface area contributed by atoms with E-state index in [0.29, 0.717) is 13.0 Å². The summed E-state index contributed by atoms with van der Waals surface area (Å²) in [5.41, 5.74) is 6.29. The van der Waals surface area contributed by atoms with Gasteiger partial charge in [-0.05, 0) is 78.3 Å². The lowest BCUT2D eigenvalue weighted by atomic mass is 10.0. The van der Waals surface area contributed by atoms with Gasteiger partial charge in [-0.3, -0.25) is 9.59 Å². The highest BCUT2D eigenvalue weighted by atomic mass is 32.1. The van der Waals surface area contributed by atoms with Gasteiger partial charge in [0.1, 0.15) is 16.1 Å². The summed E-state index contributed by atoms with van der Waals surface area (Å²) in [6.07, 6.45) is 11.1. The Labute approximate surface area is 353 Å². The minimum absolute atomic E-state index is 0.0346. The lowest BCUT2D eigenvalue weighted by molar-refractivity contribution is -0.134. The highest BCUT2D eigenvalue weighted by molar-refractivity contribution is 7.15. The summed E-state index contributed by atoms with van der Waals surface area (Å²) in [5.74, 6) is 0.0794. The number of benzene rings is 4. The van der Waals surface area contributed by atoms with Crippen LogP contribution < -0.4 is 5.32 Å². The summed E-state index contributed by atoms with van der Waals surface area (Å²) in [4.78, 5) is 58.5. The maximum Gasteiger partial charge on any atom is 0.318 e. The van der Waals surface area contributed by atoms with E-state index in [1.54, 1.807) is 22.7 Å².